The van der Waals surface area contributed by atoms with Crippen LogP contribution in [0.1, 0.15) is 11.1 Å². The van der Waals surface area contributed by atoms with Crippen molar-refractivity contribution in [3.63, 3.8) is 0 Å². The van der Waals surface area contributed by atoms with E-state index in [-0.39, 0.29) is 11.2 Å². The molecule has 0 unspecified atom stereocenters. The van der Waals surface area contributed by atoms with E-state index in [1.165, 1.54) is 18.7 Å². The van der Waals surface area contributed by atoms with Gasteiger partial charge in [-0.2, -0.15) is 0 Å². The monoisotopic (exact) mass is 259 g/mol. The van der Waals surface area contributed by atoms with Crippen LogP contribution in [0.4, 0.5) is 5.82 Å². The summed E-state index contributed by atoms with van der Waals surface area (Å²) in [5.41, 5.74) is 1.56. The van der Waals surface area contributed by atoms with Gasteiger partial charge < -0.3 is 5.32 Å². The van der Waals surface area contributed by atoms with Crippen LogP contribution in [0.5, 0.6) is 0 Å². The van der Waals surface area contributed by atoms with E-state index >= 15 is 0 Å². The summed E-state index contributed by atoms with van der Waals surface area (Å²) in [6, 6.07) is 9.39. The fourth-order valence-corrected chi connectivity index (χ4v) is 1.91. The molecular formula is C14H17N3O2. The Bertz CT molecular complexity index is 696. The minimum Gasteiger partial charge on any atom is -0.374 e. The second-order valence-corrected chi connectivity index (χ2v) is 4.53. The quantitative estimate of drug-likeness (QED) is 0.892. The summed E-state index contributed by atoms with van der Waals surface area (Å²) in [6.45, 7) is 2.45. The van der Waals surface area contributed by atoms with E-state index in [9.17, 15) is 9.59 Å². The Kier molecular flexibility index (Phi) is 3.55. The van der Waals surface area contributed by atoms with Gasteiger partial charge in [0.05, 0.1) is 6.54 Å². The summed E-state index contributed by atoms with van der Waals surface area (Å²) in [5, 5.41) is 2.89. The molecule has 1 heterocycles. The molecule has 0 aliphatic rings. The van der Waals surface area contributed by atoms with Crippen LogP contribution in [-0.4, -0.2) is 16.2 Å². The van der Waals surface area contributed by atoms with Gasteiger partial charge in [-0.15, -0.1) is 0 Å². The van der Waals surface area contributed by atoms with Gasteiger partial charge in [-0.25, -0.2) is 4.79 Å². The summed E-state index contributed by atoms with van der Waals surface area (Å²) in [5.74, 6) is 0.522. The maximum absolute atomic E-state index is 12.1. The van der Waals surface area contributed by atoms with Crippen LogP contribution in [0.15, 0.2) is 39.9 Å². The Hall–Kier alpha value is -2.30. The SMILES string of the molecule is CNc1cc(=O)n(C)c(=O)n1Cc1ccc(C)cc1. The van der Waals surface area contributed by atoms with E-state index in [1.807, 2.05) is 31.2 Å². The highest BCUT2D eigenvalue weighted by molar-refractivity contribution is 5.34. The molecule has 0 bridgehead atoms. The summed E-state index contributed by atoms with van der Waals surface area (Å²) >= 11 is 0. The first-order chi connectivity index (χ1) is 9.02. The zero-order chi connectivity index (χ0) is 14.0. The summed E-state index contributed by atoms with van der Waals surface area (Å²) in [4.78, 5) is 23.7. The third-order valence-corrected chi connectivity index (χ3v) is 3.12. The molecule has 5 heteroatoms. The molecule has 0 saturated heterocycles. The van der Waals surface area contributed by atoms with E-state index in [0.717, 1.165) is 10.1 Å². The number of rotatable bonds is 3. The molecule has 2 aromatic rings. The number of hydrogen-bond donors (Lipinski definition) is 1. The molecule has 5 nitrogen and oxygen atoms in total. The van der Waals surface area contributed by atoms with Crippen LogP contribution >= 0.6 is 0 Å². The Balaban J connectivity index is 2.50. The molecule has 0 saturated carbocycles. The number of aryl methyl sites for hydroxylation is 1. The number of nitrogens with zero attached hydrogens (tertiary/aromatic N) is 2. The highest BCUT2D eigenvalue weighted by Crippen LogP contribution is 2.07. The highest BCUT2D eigenvalue weighted by atomic mass is 16.2. The average Bonchev–Trinajstić information content (AvgIpc) is 2.41. The van der Waals surface area contributed by atoms with Crippen molar-refractivity contribution in [2.24, 2.45) is 7.05 Å². The summed E-state index contributed by atoms with van der Waals surface area (Å²) in [6.07, 6.45) is 0. The molecule has 1 aromatic carbocycles. The van der Waals surface area contributed by atoms with Crippen molar-refractivity contribution in [1.82, 2.24) is 9.13 Å². The van der Waals surface area contributed by atoms with E-state index in [4.69, 9.17) is 0 Å². The molecular weight excluding hydrogens is 242 g/mol. The normalized spacial score (nSPS) is 10.5. The Morgan fingerprint density at radius 2 is 1.79 bits per heavy atom. The number of benzene rings is 1. The smallest absolute Gasteiger partial charge is 0.332 e. The van der Waals surface area contributed by atoms with Crippen LogP contribution in [0.3, 0.4) is 0 Å². The van der Waals surface area contributed by atoms with E-state index in [1.54, 1.807) is 11.6 Å². The van der Waals surface area contributed by atoms with Crippen molar-refractivity contribution < 1.29 is 0 Å². The predicted molar refractivity (Wildman–Crippen MR) is 75.8 cm³/mol. The minimum absolute atomic E-state index is 0.311. The van der Waals surface area contributed by atoms with Gasteiger partial charge in [0.2, 0.25) is 0 Å². The molecule has 0 aliphatic carbocycles. The number of nitrogens with one attached hydrogen (secondary N) is 1. The second-order valence-electron chi connectivity index (χ2n) is 4.53. The minimum atomic E-state index is -0.322. The van der Waals surface area contributed by atoms with Gasteiger partial charge in [0, 0.05) is 20.2 Å². The fraction of sp³-hybridized carbons (Fsp3) is 0.286. The first-order valence-corrected chi connectivity index (χ1v) is 6.07. The zero-order valence-corrected chi connectivity index (χ0v) is 11.3. The molecule has 0 spiro atoms. The standard InChI is InChI=1S/C14H17N3O2/c1-10-4-6-11(7-5-10)9-17-12(15-2)8-13(18)16(3)14(17)19/h4-8,15H,9H2,1-3H3. The highest BCUT2D eigenvalue weighted by Gasteiger charge is 2.08. The van der Waals surface area contributed by atoms with Crippen molar-refractivity contribution >= 4 is 5.82 Å². The Morgan fingerprint density at radius 1 is 1.16 bits per heavy atom. The van der Waals surface area contributed by atoms with Crippen molar-refractivity contribution in [2.75, 3.05) is 12.4 Å². The molecule has 0 aliphatic heterocycles. The Morgan fingerprint density at radius 3 is 2.37 bits per heavy atom. The number of hydrogen-bond acceptors (Lipinski definition) is 3. The molecule has 1 N–H and O–H groups in total. The van der Waals surface area contributed by atoms with Crippen LogP contribution in [0, 0.1) is 6.92 Å². The van der Waals surface area contributed by atoms with Crippen molar-refractivity contribution in [3.8, 4) is 0 Å². The lowest BCUT2D eigenvalue weighted by atomic mass is 10.1. The largest absolute Gasteiger partial charge is 0.374 e. The van der Waals surface area contributed by atoms with E-state index in [2.05, 4.69) is 5.32 Å². The molecule has 2 rings (SSSR count). The topological polar surface area (TPSA) is 56.0 Å². The zero-order valence-electron chi connectivity index (χ0n) is 11.3. The van der Waals surface area contributed by atoms with Crippen LogP contribution in [0.25, 0.3) is 0 Å². The van der Waals surface area contributed by atoms with Crippen molar-refractivity contribution in [2.45, 2.75) is 13.5 Å². The van der Waals surface area contributed by atoms with Gasteiger partial charge in [0.1, 0.15) is 5.82 Å². The van der Waals surface area contributed by atoms with Gasteiger partial charge in [0.15, 0.2) is 0 Å². The first kappa shape index (κ1) is 13.1. The van der Waals surface area contributed by atoms with Crippen molar-refractivity contribution in [1.29, 1.82) is 0 Å². The molecule has 0 amide bonds. The van der Waals surface area contributed by atoms with Crippen LogP contribution < -0.4 is 16.6 Å². The van der Waals surface area contributed by atoms with Crippen molar-refractivity contribution in [3.05, 3.63) is 62.3 Å². The van der Waals surface area contributed by atoms with E-state index in [0.29, 0.717) is 12.4 Å². The second kappa shape index (κ2) is 5.14. The maximum Gasteiger partial charge on any atom is 0.332 e. The summed E-state index contributed by atoms with van der Waals surface area (Å²) < 4.78 is 2.65. The molecule has 100 valence electrons. The van der Waals surface area contributed by atoms with Crippen LogP contribution in [-0.2, 0) is 13.6 Å². The fourth-order valence-electron chi connectivity index (χ4n) is 1.91. The molecule has 0 radical (unpaired) electrons. The first-order valence-electron chi connectivity index (χ1n) is 6.07. The third-order valence-electron chi connectivity index (χ3n) is 3.12. The average molecular weight is 259 g/mol. The number of anilines is 1. The summed E-state index contributed by atoms with van der Waals surface area (Å²) in [7, 11) is 3.18. The third kappa shape index (κ3) is 2.59. The number of aromatic nitrogens is 2. The van der Waals surface area contributed by atoms with Gasteiger partial charge in [-0.05, 0) is 12.5 Å². The van der Waals surface area contributed by atoms with Gasteiger partial charge in [0.25, 0.3) is 5.56 Å². The molecule has 1 aromatic heterocycles. The van der Waals surface area contributed by atoms with Gasteiger partial charge in [-0.3, -0.25) is 13.9 Å². The van der Waals surface area contributed by atoms with Gasteiger partial charge in [-0.1, -0.05) is 29.8 Å². The molecule has 0 fully saturated rings. The maximum atomic E-state index is 12.1. The van der Waals surface area contributed by atoms with Crippen LogP contribution in [0.2, 0.25) is 0 Å². The molecule has 0 atom stereocenters. The lowest BCUT2D eigenvalue weighted by Crippen LogP contribution is -2.38. The lowest BCUT2D eigenvalue weighted by Gasteiger charge is -2.13. The van der Waals surface area contributed by atoms with Gasteiger partial charge >= 0.3 is 5.69 Å². The molecule has 19 heavy (non-hydrogen) atoms. The van der Waals surface area contributed by atoms with E-state index < -0.39 is 0 Å². The lowest BCUT2D eigenvalue weighted by molar-refractivity contribution is 0.652. The Labute approximate surface area is 111 Å². The predicted octanol–water partition coefficient (Wildman–Crippen LogP) is 0.945.